The first-order chi connectivity index (χ1) is 9.20. The molecule has 1 saturated heterocycles. The summed E-state index contributed by atoms with van der Waals surface area (Å²) in [5.41, 5.74) is 6.41. The molecule has 0 saturated carbocycles. The molecule has 1 aliphatic heterocycles. The van der Waals surface area contributed by atoms with E-state index in [0.29, 0.717) is 11.4 Å². The molecule has 0 aromatic heterocycles. The van der Waals surface area contributed by atoms with Gasteiger partial charge in [-0.3, -0.25) is 0 Å². The average molecular weight is 264 g/mol. The number of likely N-dealkylation sites (tertiary alicyclic amines) is 1. The molecule has 1 atom stereocenters. The molecule has 0 spiro atoms. The average Bonchev–Trinajstić information content (AvgIpc) is 2.82. The first-order valence-corrected chi connectivity index (χ1v) is 7.01. The Kier molecular flexibility index (Phi) is 4.91. The topological polar surface area (TPSA) is 47.7 Å². The monoisotopic (exact) mass is 264 g/mol. The third kappa shape index (κ3) is 3.77. The Morgan fingerprint density at radius 1 is 1.42 bits per heavy atom. The maximum absolute atomic E-state index is 5.77. The fourth-order valence-electron chi connectivity index (χ4n) is 2.56. The Labute approximate surface area is 115 Å². The summed E-state index contributed by atoms with van der Waals surface area (Å²) in [7, 11) is 1.62. The highest BCUT2D eigenvalue weighted by atomic mass is 16.5. The van der Waals surface area contributed by atoms with Gasteiger partial charge in [-0.1, -0.05) is 0 Å². The van der Waals surface area contributed by atoms with Gasteiger partial charge in [0.05, 0.1) is 19.4 Å². The molecule has 106 valence electrons. The molecule has 1 fully saturated rings. The Balaban J connectivity index is 1.73. The van der Waals surface area contributed by atoms with Crippen LogP contribution in [0.25, 0.3) is 0 Å². The van der Waals surface area contributed by atoms with Gasteiger partial charge in [0.25, 0.3) is 0 Å². The van der Waals surface area contributed by atoms with Crippen molar-refractivity contribution in [1.82, 2.24) is 4.90 Å². The van der Waals surface area contributed by atoms with E-state index in [0.717, 1.165) is 31.4 Å². The predicted molar refractivity (Wildman–Crippen MR) is 77.8 cm³/mol. The molecule has 19 heavy (non-hydrogen) atoms. The Morgan fingerprint density at radius 3 is 2.95 bits per heavy atom. The summed E-state index contributed by atoms with van der Waals surface area (Å²) in [6.45, 7) is 5.39. The fourth-order valence-corrected chi connectivity index (χ4v) is 2.56. The maximum Gasteiger partial charge on any atom is 0.145 e. The normalized spacial score (nSPS) is 19.6. The van der Waals surface area contributed by atoms with Crippen LogP contribution in [0.4, 0.5) is 5.69 Å². The second-order valence-electron chi connectivity index (χ2n) is 5.13. The van der Waals surface area contributed by atoms with E-state index in [-0.39, 0.29) is 0 Å². The lowest BCUT2D eigenvalue weighted by Gasteiger charge is -2.20. The third-order valence-corrected chi connectivity index (χ3v) is 3.75. The van der Waals surface area contributed by atoms with E-state index >= 15 is 0 Å². The van der Waals surface area contributed by atoms with Gasteiger partial charge >= 0.3 is 0 Å². The van der Waals surface area contributed by atoms with Gasteiger partial charge in [-0.2, -0.15) is 0 Å². The van der Waals surface area contributed by atoms with E-state index in [1.807, 2.05) is 18.2 Å². The smallest absolute Gasteiger partial charge is 0.145 e. The van der Waals surface area contributed by atoms with E-state index in [2.05, 4.69) is 11.8 Å². The molecular formula is C15H24N2O2. The molecule has 0 amide bonds. The van der Waals surface area contributed by atoms with Crippen LogP contribution in [-0.4, -0.2) is 37.7 Å². The molecule has 2 rings (SSSR count). The van der Waals surface area contributed by atoms with Crippen molar-refractivity contribution in [3.05, 3.63) is 18.2 Å². The van der Waals surface area contributed by atoms with E-state index in [9.17, 15) is 0 Å². The number of hydrogen-bond acceptors (Lipinski definition) is 4. The third-order valence-electron chi connectivity index (χ3n) is 3.75. The zero-order valence-corrected chi connectivity index (χ0v) is 11.9. The second-order valence-corrected chi connectivity index (χ2v) is 5.13. The van der Waals surface area contributed by atoms with Gasteiger partial charge in [0, 0.05) is 18.7 Å². The first-order valence-electron chi connectivity index (χ1n) is 7.01. The minimum atomic E-state index is 0.640. The molecular weight excluding hydrogens is 240 g/mol. The van der Waals surface area contributed by atoms with Crippen molar-refractivity contribution in [2.45, 2.75) is 32.2 Å². The summed E-state index contributed by atoms with van der Waals surface area (Å²) < 4.78 is 10.9. The second kappa shape index (κ2) is 6.66. The summed E-state index contributed by atoms with van der Waals surface area (Å²) in [6.07, 6.45) is 3.71. The highest BCUT2D eigenvalue weighted by molar-refractivity contribution is 5.55. The highest BCUT2D eigenvalue weighted by Gasteiger charge is 2.19. The van der Waals surface area contributed by atoms with Gasteiger partial charge in [-0.25, -0.2) is 0 Å². The summed E-state index contributed by atoms with van der Waals surface area (Å²) in [5, 5.41) is 0. The molecule has 1 unspecified atom stereocenters. The molecule has 1 aromatic rings. The van der Waals surface area contributed by atoms with E-state index in [4.69, 9.17) is 15.2 Å². The van der Waals surface area contributed by atoms with Crippen molar-refractivity contribution in [2.75, 3.05) is 32.5 Å². The van der Waals surface area contributed by atoms with Gasteiger partial charge in [0.2, 0.25) is 0 Å². The minimum Gasteiger partial charge on any atom is -0.494 e. The fraction of sp³-hybridized carbons (Fsp3) is 0.600. The van der Waals surface area contributed by atoms with Crippen molar-refractivity contribution in [3.8, 4) is 11.5 Å². The predicted octanol–water partition coefficient (Wildman–Crippen LogP) is 2.53. The SMILES string of the molecule is COc1cc(OCCCN2CCCC2C)ccc1N. The van der Waals surface area contributed by atoms with E-state index in [1.165, 1.54) is 19.4 Å². The zero-order valence-electron chi connectivity index (χ0n) is 11.9. The largest absolute Gasteiger partial charge is 0.494 e. The van der Waals surface area contributed by atoms with Crippen molar-refractivity contribution in [2.24, 2.45) is 0 Å². The molecule has 2 N–H and O–H groups in total. The van der Waals surface area contributed by atoms with Crippen molar-refractivity contribution in [1.29, 1.82) is 0 Å². The van der Waals surface area contributed by atoms with Crippen LogP contribution in [0.5, 0.6) is 11.5 Å². The number of ether oxygens (including phenoxy) is 2. The number of anilines is 1. The summed E-state index contributed by atoms with van der Waals surface area (Å²) >= 11 is 0. The van der Waals surface area contributed by atoms with Gasteiger partial charge in [0.1, 0.15) is 11.5 Å². The van der Waals surface area contributed by atoms with Gasteiger partial charge < -0.3 is 20.1 Å². The lowest BCUT2D eigenvalue weighted by atomic mass is 10.2. The van der Waals surface area contributed by atoms with Crippen LogP contribution in [-0.2, 0) is 0 Å². The number of methoxy groups -OCH3 is 1. The van der Waals surface area contributed by atoms with Crippen LogP contribution in [0.15, 0.2) is 18.2 Å². The molecule has 1 aromatic carbocycles. The van der Waals surface area contributed by atoms with Gasteiger partial charge in [-0.15, -0.1) is 0 Å². The van der Waals surface area contributed by atoms with Crippen LogP contribution < -0.4 is 15.2 Å². The summed E-state index contributed by atoms with van der Waals surface area (Å²) in [5.74, 6) is 1.49. The van der Waals surface area contributed by atoms with Crippen molar-refractivity contribution in [3.63, 3.8) is 0 Å². The van der Waals surface area contributed by atoms with Crippen molar-refractivity contribution >= 4 is 5.69 Å². The highest BCUT2D eigenvalue weighted by Crippen LogP contribution is 2.26. The number of hydrogen-bond donors (Lipinski definition) is 1. The molecule has 1 heterocycles. The molecule has 0 radical (unpaired) electrons. The minimum absolute atomic E-state index is 0.640. The van der Waals surface area contributed by atoms with Crippen LogP contribution in [0.3, 0.4) is 0 Å². The number of rotatable bonds is 6. The first kappa shape index (κ1) is 14.0. The van der Waals surface area contributed by atoms with Crippen LogP contribution in [0.1, 0.15) is 26.2 Å². The summed E-state index contributed by atoms with van der Waals surface area (Å²) in [4.78, 5) is 2.53. The summed E-state index contributed by atoms with van der Waals surface area (Å²) in [6, 6.07) is 6.28. The lowest BCUT2D eigenvalue weighted by Crippen LogP contribution is -2.28. The quantitative estimate of drug-likeness (QED) is 0.633. The van der Waals surface area contributed by atoms with Gasteiger partial charge in [-0.05, 0) is 44.9 Å². The van der Waals surface area contributed by atoms with E-state index in [1.54, 1.807) is 7.11 Å². The molecule has 4 heteroatoms. The zero-order chi connectivity index (χ0) is 13.7. The number of benzene rings is 1. The Hall–Kier alpha value is -1.42. The van der Waals surface area contributed by atoms with E-state index < -0.39 is 0 Å². The van der Waals surface area contributed by atoms with Crippen LogP contribution >= 0.6 is 0 Å². The molecule has 4 nitrogen and oxygen atoms in total. The standard InChI is InChI=1S/C15H24N2O2/c1-12-5-3-8-17(12)9-4-10-19-13-6-7-14(16)15(11-13)18-2/h6-7,11-12H,3-5,8-10,16H2,1-2H3. The number of nitrogen functional groups attached to an aromatic ring is 1. The molecule has 1 aliphatic rings. The lowest BCUT2D eigenvalue weighted by molar-refractivity contribution is 0.230. The Bertz CT molecular complexity index is 409. The molecule has 0 bridgehead atoms. The Morgan fingerprint density at radius 2 is 2.26 bits per heavy atom. The van der Waals surface area contributed by atoms with Crippen LogP contribution in [0.2, 0.25) is 0 Å². The molecule has 0 aliphatic carbocycles. The van der Waals surface area contributed by atoms with Crippen molar-refractivity contribution < 1.29 is 9.47 Å². The maximum atomic E-state index is 5.77. The van der Waals surface area contributed by atoms with Gasteiger partial charge in [0.15, 0.2) is 0 Å². The number of nitrogens with zero attached hydrogens (tertiary/aromatic N) is 1. The number of nitrogens with two attached hydrogens (primary N) is 1. The van der Waals surface area contributed by atoms with Crippen LogP contribution in [0, 0.1) is 0 Å².